The first-order valence-corrected chi connectivity index (χ1v) is 2.95. The highest BCUT2D eigenvalue weighted by Crippen LogP contribution is 2.04. The quantitative estimate of drug-likeness (QED) is 0.669. The summed E-state index contributed by atoms with van der Waals surface area (Å²) in [6.45, 7) is 0. The maximum atomic E-state index is 12.6. The smallest absolute Gasteiger partial charge is 0.354 e. The highest BCUT2D eigenvalue weighted by atomic mass is 19.1. The molecule has 60 valence electrons. The van der Waals surface area contributed by atoms with E-state index < -0.39 is 17.5 Å². The van der Waals surface area contributed by atoms with Gasteiger partial charge in [-0.1, -0.05) is 0 Å². The van der Waals surface area contributed by atoms with E-state index in [9.17, 15) is 9.18 Å². The van der Waals surface area contributed by atoms with Gasteiger partial charge in [0.05, 0.1) is 0 Å². The predicted molar refractivity (Wildman–Crippen MR) is 35.9 cm³/mol. The molecule has 0 aliphatic carbocycles. The first-order chi connectivity index (χ1) is 5.65. The lowest BCUT2D eigenvalue weighted by atomic mass is 10.3. The van der Waals surface area contributed by atoms with Crippen LogP contribution in [0.15, 0.2) is 12.1 Å². The molecule has 1 N–H and O–H groups in total. The van der Waals surface area contributed by atoms with Crippen LogP contribution in [0.5, 0.6) is 0 Å². The Morgan fingerprint density at radius 3 is 2.83 bits per heavy atom. The summed E-state index contributed by atoms with van der Waals surface area (Å²) in [5, 5.41) is 16.7. The van der Waals surface area contributed by atoms with Gasteiger partial charge >= 0.3 is 5.97 Å². The van der Waals surface area contributed by atoms with Gasteiger partial charge in [0, 0.05) is 0 Å². The van der Waals surface area contributed by atoms with Crippen LogP contribution >= 0.6 is 0 Å². The summed E-state index contributed by atoms with van der Waals surface area (Å²) < 4.78 is 12.6. The minimum Gasteiger partial charge on any atom is -0.477 e. The van der Waals surface area contributed by atoms with E-state index in [-0.39, 0.29) is 5.69 Å². The van der Waals surface area contributed by atoms with Crippen molar-refractivity contribution < 1.29 is 14.3 Å². The minimum atomic E-state index is -1.29. The Balaban J connectivity index is 3.25. The maximum Gasteiger partial charge on any atom is 0.354 e. The molecule has 5 heteroatoms. The van der Waals surface area contributed by atoms with Gasteiger partial charge in [0.1, 0.15) is 11.8 Å². The predicted octanol–water partition coefficient (Wildman–Crippen LogP) is 0.791. The number of pyridine rings is 1. The molecule has 4 nitrogen and oxygen atoms in total. The molecule has 0 aromatic carbocycles. The normalized spacial score (nSPS) is 9.00. The lowest BCUT2D eigenvalue weighted by Gasteiger charge is -1.94. The zero-order valence-electron chi connectivity index (χ0n) is 5.78. The van der Waals surface area contributed by atoms with Crippen LogP contribution in [-0.4, -0.2) is 16.1 Å². The van der Waals surface area contributed by atoms with Gasteiger partial charge in [-0.2, -0.15) is 5.26 Å². The number of nitrogens with zero attached hydrogens (tertiary/aromatic N) is 2. The largest absolute Gasteiger partial charge is 0.477 e. The molecule has 1 heterocycles. The van der Waals surface area contributed by atoms with Gasteiger partial charge in [0.25, 0.3) is 0 Å². The van der Waals surface area contributed by atoms with Crippen LogP contribution in [0.4, 0.5) is 4.39 Å². The van der Waals surface area contributed by atoms with E-state index >= 15 is 0 Å². The Hall–Kier alpha value is -1.96. The van der Waals surface area contributed by atoms with E-state index in [1.54, 1.807) is 0 Å². The molecular formula is C7H3FN2O2. The molecule has 1 rings (SSSR count). The second-order valence-electron chi connectivity index (χ2n) is 1.94. The van der Waals surface area contributed by atoms with Crippen molar-refractivity contribution in [3.63, 3.8) is 0 Å². The van der Waals surface area contributed by atoms with Crippen LogP contribution < -0.4 is 0 Å². The van der Waals surface area contributed by atoms with Crippen molar-refractivity contribution in [2.24, 2.45) is 0 Å². The van der Waals surface area contributed by atoms with Gasteiger partial charge < -0.3 is 5.11 Å². The Morgan fingerprint density at radius 2 is 2.33 bits per heavy atom. The van der Waals surface area contributed by atoms with Gasteiger partial charge in [-0.15, -0.1) is 0 Å². The first-order valence-electron chi connectivity index (χ1n) is 2.95. The molecule has 0 aliphatic heterocycles. The zero-order chi connectivity index (χ0) is 9.14. The summed E-state index contributed by atoms with van der Waals surface area (Å²) in [5.41, 5.74) is -0.845. The molecule has 0 saturated carbocycles. The van der Waals surface area contributed by atoms with Gasteiger partial charge in [-0.05, 0) is 12.1 Å². The first kappa shape index (κ1) is 8.14. The van der Waals surface area contributed by atoms with E-state index in [1.807, 2.05) is 0 Å². The Bertz CT molecular complexity index is 370. The molecule has 0 atom stereocenters. The number of carboxylic acids is 1. The van der Waals surface area contributed by atoms with E-state index in [2.05, 4.69) is 4.98 Å². The Kier molecular flexibility index (Phi) is 2.01. The summed E-state index contributed by atoms with van der Waals surface area (Å²) in [6.07, 6.45) is 0. The van der Waals surface area contributed by atoms with Gasteiger partial charge in [-0.25, -0.2) is 14.2 Å². The molecule has 1 aromatic rings. The van der Waals surface area contributed by atoms with Crippen molar-refractivity contribution in [1.82, 2.24) is 4.98 Å². The number of nitriles is 1. The lowest BCUT2D eigenvalue weighted by Crippen LogP contribution is -2.02. The molecule has 12 heavy (non-hydrogen) atoms. The fourth-order valence-corrected chi connectivity index (χ4v) is 0.640. The second kappa shape index (κ2) is 2.96. The van der Waals surface area contributed by atoms with Crippen LogP contribution in [0.2, 0.25) is 0 Å². The summed E-state index contributed by atoms with van der Waals surface area (Å²) in [6, 6.07) is 3.34. The zero-order valence-corrected chi connectivity index (χ0v) is 5.78. The fourth-order valence-electron chi connectivity index (χ4n) is 0.640. The number of aromatic nitrogens is 1. The highest BCUT2D eigenvalue weighted by molar-refractivity contribution is 5.85. The molecular weight excluding hydrogens is 163 g/mol. The third-order valence-electron chi connectivity index (χ3n) is 1.17. The summed E-state index contributed by atoms with van der Waals surface area (Å²) in [7, 11) is 0. The molecule has 0 unspecified atom stereocenters. The molecule has 0 saturated heterocycles. The number of carboxylic acid groups (broad SMARTS) is 1. The van der Waals surface area contributed by atoms with Crippen molar-refractivity contribution in [2.45, 2.75) is 0 Å². The van der Waals surface area contributed by atoms with Crippen LogP contribution in [0.25, 0.3) is 0 Å². The number of hydrogen-bond acceptors (Lipinski definition) is 3. The summed E-state index contributed by atoms with van der Waals surface area (Å²) >= 11 is 0. The molecule has 0 fully saturated rings. The second-order valence-corrected chi connectivity index (χ2v) is 1.94. The fraction of sp³-hybridized carbons (Fsp3) is 0. The van der Waals surface area contributed by atoms with E-state index in [4.69, 9.17) is 10.4 Å². The highest BCUT2D eigenvalue weighted by Gasteiger charge is 2.08. The average Bonchev–Trinajstić information content (AvgIpc) is 2.05. The average molecular weight is 166 g/mol. The Morgan fingerprint density at radius 1 is 1.67 bits per heavy atom. The van der Waals surface area contributed by atoms with Crippen molar-refractivity contribution in [3.05, 3.63) is 29.3 Å². The standard InChI is InChI=1S/C7H3FN2O2/c8-4-1-2-5(7(11)12)10-6(4)3-9/h1-2H,(H,11,12). The monoisotopic (exact) mass is 166 g/mol. The van der Waals surface area contributed by atoms with E-state index in [0.29, 0.717) is 0 Å². The number of hydrogen-bond donors (Lipinski definition) is 1. The molecule has 0 spiro atoms. The molecule has 0 aliphatic rings. The maximum absolute atomic E-state index is 12.6. The number of aromatic carboxylic acids is 1. The molecule has 0 radical (unpaired) electrons. The summed E-state index contributed by atoms with van der Waals surface area (Å²) in [4.78, 5) is 13.5. The van der Waals surface area contributed by atoms with E-state index in [1.165, 1.54) is 6.07 Å². The lowest BCUT2D eigenvalue weighted by molar-refractivity contribution is 0.0690. The van der Waals surface area contributed by atoms with Crippen LogP contribution in [0.3, 0.4) is 0 Å². The van der Waals surface area contributed by atoms with Crippen LogP contribution in [0.1, 0.15) is 16.2 Å². The molecule has 0 amide bonds. The minimum absolute atomic E-state index is 0.340. The SMILES string of the molecule is N#Cc1nc(C(=O)O)ccc1F. The van der Waals surface area contributed by atoms with Gasteiger partial charge in [0.15, 0.2) is 11.5 Å². The van der Waals surface area contributed by atoms with Crippen molar-refractivity contribution in [2.75, 3.05) is 0 Å². The molecule has 0 bridgehead atoms. The number of rotatable bonds is 1. The third kappa shape index (κ3) is 1.37. The number of carbonyl (C=O) groups is 1. The molecule has 1 aromatic heterocycles. The van der Waals surface area contributed by atoms with Crippen LogP contribution in [0, 0.1) is 17.1 Å². The van der Waals surface area contributed by atoms with Crippen molar-refractivity contribution in [3.8, 4) is 6.07 Å². The van der Waals surface area contributed by atoms with Crippen LogP contribution in [-0.2, 0) is 0 Å². The number of halogens is 1. The van der Waals surface area contributed by atoms with E-state index in [0.717, 1.165) is 12.1 Å². The van der Waals surface area contributed by atoms with Gasteiger partial charge in [0.2, 0.25) is 0 Å². The van der Waals surface area contributed by atoms with Crippen molar-refractivity contribution in [1.29, 1.82) is 5.26 Å². The topological polar surface area (TPSA) is 74.0 Å². The summed E-state index contributed by atoms with van der Waals surface area (Å²) in [5.74, 6) is -2.10. The Labute approximate surface area is 66.9 Å². The van der Waals surface area contributed by atoms with Crippen molar-refractivity contribution >= 4 is 5.97 Å². The van der Waals surface area contributed by atoms with Gasteiger partial charge in [-0.3, -0.25) is 0 Å². The third-order valence-corrected chi connectivity index (χ3v) is 1.17.